The minimum absolute atomic E-state index is 0.564. The molecule has 0 atom stereocenters. The van der Waals surface area contributed by atoms with E-state index in [1.54, 1.807) is 0 Å². The van der Waals surface area contributed by atoms with Gasteiger partial charge in [0, 0.05) is 17.1 Å². The molecule has 5 nitrogen and oxygen atoms in total. The molecule has 0 bridgehead atoms. The molecule has 2 heterocycles. The molecule has 96 valence electrons. The Bertz CT molecular complexity index is 720. The molecule has 0 fully saturated rings. The van der Waals surface area contributed by atoms with Gasteiger partial charge in [-0.2, -0.15) is 0 Å². The fourth-order valence-corrected chi connectivity index (χ4v) is 1.92. The molecule has 3 aromatic rings. The van der Waals surface area contributed by atoms with Gasteiger partial charge in [-0.3, -0.25) is 0 Å². The average Bonchev–Trinajstić information content (AvgIpc) is 2.82. The summed E-state index contributed by atoms with van der Waals surface area (Å²) in [6.07, 6.45) is 0. The van der Waals surface area contributed by atoms with Crippen molar-refractivity contribution in [3.8, 4) is 0 Å². The fourth-order valence-electron chi connectivity index (χ4n) is 1.92. The molecule has 19 heavy (non-hydrogen) atoms. The third-order valence-corrected chi connectivity index (χ3v) is 2.83. The molecule has 0 amide bonds. The van der Waals surface area contributed by atoms with Gasteiger partial charge in [0.2, 0.25) is 0 Å². The number of pyridine rings is 1. The molecular weight excluding hydrogens is 240 g/mol. The van der Waals surface area contributed by atoms with E-state index in [-0.39, 0.29) is 0 Å². The molecule has 1 aromatic carbocycles. The third kappa shape index (κ3) is 2.49. The van der Waals surface area contributed by atoms with E-state index < -0.39 is 0 Å². The summed E-state index contributed by atoms with van der Waals surface area (Å²) in [7, 11) is 0. The van der Waals surface area contributed by atoms with Crippen molar-refractivity contribution < 1.29 is 4.52 Å². The Balaban J connectivity index is 1.79. The van der Waals surface area contributed by atoms with Crippen LogP contribution in [0.5, 0.6) is 0 Å². The Kier molecular flexibility index (Phi) is 2.79. The second kappa shape index (κ2) is 4.61. The first-order chi connectivity index (χ1) is 9.20. The van der Waals surface area contributed by atoms with Gasteiger partial charge >= 0.3 is 0 Å². The van der Waals surface area contributed by atoms with E-state index in [1.807, 2.05) is 43.3 Å². The molecule has 3 rings (SSSR count). The molecule has 0 radical (unpaired) electrons. The van der Waals surface area contributed by atoms with Crippen LogP contribution in [0.2, 0.25) is 0 Å². The van der Waals surface area contributed by atoms with Crippen molar-refractivity contribution in [2.24, 2.45) is 0 Å². The first-order valence-corrected chi connectivity index (χ1v) is 6.03. The van der Waals surface area contributed by atoms with E-state index in [4.69, 9.17) is 10.3 Å². The van der Waals surface area contributed by atoms with Gasteiger partial charge in [-0.15, -0.1) is 0 Å². The SMILES string of the molecule is Cc1cc(CNc2ccc3cc(N)ccc3n2)on1. The maximum atomic E-state index is 5.74. The first-order valence-electron chi connectivity index (χ1n) is 6.03. The lowest BCUT2D eigenvalue weighted by molar-refractivity contribution is 0.384. The van der Waals surface area contributed by atoms with E-state index in [9.17, 15) is 0 Å². The van der Waals surface area contributed by atoms with E-state index in [2.05, 4.69) is 15.5 Å². The quantitative estimate of drug-likeness (QED) is 0.703. The number of fused-ring (bicyclic) bond motifs is 1. The molecule has 0 saturated carbocycles. The van der Waals surface area contributed by atoms with Gasteiger partial charge in [0.05, 0.1) is 17.8 Å². The number of aromatic nitrogens is 2. The molecule has 2 aromatic heterocycles. The monoisotopic (exact) mass is 254 g/mol. The van der Waals surface area contributed by atoms with Gasteiger partial charge in [0.25, 0.3) is 0 Å². The maximum absolute atomic E-state index is 5.74. The predicted molar refractivity (Wildman–Crippen MR) is 74.7 cm³/mol. The van der Waals surface area contributed by atoms with Crippen molar-refractivity contribution in [3.05, 3.63) is 47.9 Å². The van der Waals surface area contributed by atoms with E-state index in [0.717, 1.165) is 33.9 Å². The Morgan fingerprint density at radius 3 is 2.89 bits per heavy atom. The number of hydrogen-bond donors (Lipinski definition) is 2. The summed E-state index contributed by atoms with van der Waals surface area (Å²) in [5.74, 6) is 1.59. The highest BCUT2D eigenvalue weighted by Crippen LogP contribution is 2.18. The fraction of sp³-hybridized carbons (Fsp3) is 0.143. The van der Waals surface area contributed by atoms with Crippen molar-refractivity contribution in [1.29, 1.82) is 0 Å². The van der Waals surface area contributed by atoms with Crippen LogP contribution < -0.4 is 11.1 Å². The molecule has 0 aliphatic heterocycles. The smallest absolute Gasteiger partial charge is 0.156 e. The summed E-state index contributed by atoms with van der Waals surface area (Å²) < 4.78 is 5.13. The highest BCUT2D eigenvalue weighted by molar-refractivity contribution is 5.83. The van der Waals surface area contributed by atoms with Crippen LogP contribution in [0, 0.1) is 6.92 Å². The lowest BCUT2D eigenvalue weighted by Gasteiger charge is -2.05. The van der Waals surface area contributed by atoms with E-state index >= 15 is 0 Å². The summed E-state index contributed by atoms with van der Waals surface area (Å²) in [6, 6.07) is 11.5. The number of anilines is 2. The van der Waals surface area contributed by atoms with Gasteiger partial charge < -0.3 is 15.6 Å². The molecule has 0 aliphatic carbocycles. The molecule has 0 aliphatic rings. The lowest BCUT2D eigenvalue weighted by atomic mass is 10.2. The third-order valence-electron chi connectivity index (χ3n) is 2.83. The first kappa shape index (κ1) is 11.5. The standard InChI is InChI=1S/C14H14N4O/c1-9-6-12(19-18-9)8-16-14-5-2-10-7-11(15)3-4-13(10)17-14/h2-7H,8,15H2,1H3,(H,16,17). The zero-order valence-electron chi connectivity index (χ0n) is 10.6. The summed E-state index contributed by atoms with van der Waals surface area (Å²) in [6.45, 7) is 2.46. The van der Waals surface area contributed by atoms with Gasteiger partial charge in [-0.1, -0.05) is 5.16 Å². The topological polar surface area (TPSA) is 77.0 Å². The highest BCUT2D eigenvalue weighted by Gasteiger charge is 2.02. The molecule has 0 saturated heterocycles. The lowest BCUT2D eigenvalue weighted by Crippen LogP contribution is -2.00. The van der Waals surface area contributed by atoms with Gasteiger partial charge in [-0.25, -0.2) is 4.98 Å². The van der Waals surface area contributed by atoms with E-state index in [0.29, 0.717) is 6.54 Å². The van der Waals surface area contributed by atoms with Crippen LogP contribution in [0.15, 0.2) is 40.9 Å². The number of benzene rings is 1. The van der Waals surface area contributed by atoms with Gasteiger partial charge in [0.1, 0.15) is 5.82 Å². The van der Waals surface area contributed by atoms with Crippen LogP contribution in [0.3, 0.4) is 0 Å². The van der Waals surface area contributed by atoms with Crippen molar-refractivity contribution in [2.75, 3.05) is 11.1 Å². The Morgan fingerprint density at radius 2 is 2.11 bits per heavy atom. The van der Waals surface area contributed by atoms with Crippen LogP contribution in [0.1, 0.15) is 11.5 Å². The molecule has 5 heteroatoms. The second-order valence-electron chi connectivity index (χ2n) is 4.44. The number of nitrogens with one attached hydrogen (secondary N) is 1. The summed E-state index contributed by atoms with van der Waals surface area (Å²) >= 11 is 0. The summed E-state index contributed by atoms with van der Waals surface area (Å²) in [5.41, 5.74) is 8.26. The van der Waals surface area contributed by atoms with Crippen molar-refractivity contribution in [2.45, 2.75) is 13.5 Å². The molecule has 0 spiro atoms. The number of nitrogens with zero attached hydrogens (tertiary/aromatic N) is 2. The Labute approximate surface area is 110 Å². The van der Waals surface area contributed by atoms with E-state index in [1.165, 1.54) is 0 Å². The number of hydrogen-bond acceptors (Lipinski definition) is 5. The predicted octanol–water partition coefficient (Wildman–Crippen LogP) is 2.73. The molecular formula is C14H14N4O. The van der Waals surface area contributed by atoms with Crippen LogP contribution in [-0.4, -0.2) is 10.1 Å². The van der Waals surface area contributed by atoms with Crippen LogP contribution in [0.25, 0.3) is 10.9 Å². The van der Waals surface area contributed by atoms with Crippen molar-refractivity contribution in [3.63, 3.8) is 0 Å². The number of nitrogen functional groups attached to an aromatic ring is 1. The normalized spacial score (nSPS) is 10.8. The van der Waals surface area contributed by atoms with Crippen LogP contribution in [0.4, 0.5) is 11.5 Å². The summed E-state index contributed by atoms with van der Waals surface area (Å²) in [5, 5.41) is 8.07. The Morgan fingerprint density at radius 1 is 1.21 bits per heavy atom. The molecule has 0 unspecified atom stereocenters. The van der Waals surface area contributed by atoms with Crippen LogP contribution >= 0.6 is 0 Å². The summed E-state index contributed by atoms with van der Waals surface area (Å²) in [4.78, 5) is 4.51. The number of nitrogens with two attached hydrogens (primary N) is 1. The molecule has 3 N–H and O–H groups in total. The van der Waals surface area contributed by atoms with Gasteiger partial charge in [0.15, 0.2) is 5.76 Å². The van der Waals surface area contributed by atoms with Crippen molar-refractivity contribution in [1.82, 2.24) is 10.1 Å². The number of rotatable bonds is 3. The largest absolute Gasteiger partial charge is 0.399 e. The zero-order valence-corrected chi connectivity index (χ0v) is 10.6. The number of aryl methyl sites for hydroxylation is 1. The van der Waals surface area contributed by atoms with Crippen LogP contribution in [-0.2, 0) is 6.54 Å². The maximum Gasteiger partial charge on any atom is 0.156 e. The average molecular weight is 254 g/mol. The second-order valence-corrected chi connectivity index (χ2v) is 4.44. The highest BCUT2D eigenvalue weighted by atomic mass is 16.5. The van der Waals surface area contributed by atoms with Crippen molar-refractivity contribution >= 4 is 22.4 Å². The van der Waals surface area contributed by atoms with Gasteiger partial charge in [-0.05, 0) is 37.3 Å². The minimum atomic E-state index is 0.564. The Hall–Kier alpha value is -2.56. The minimum Gasteiger partial charge on any atom is -0.399 e. The zero-order chi connectivity index (χ0) is 13.2.